The van der Waals surface area contributed by atoms with Crippen molar-refractivity contribution in [2.24, 2.45) is 11.8 Å². The van der Waals surface area contributed by atoms with Gasteiger partial charge in [-0.3, -0.25) is 11.3 Å². The Morgan fingerprint density at radius 1 is 1.39 bits per heavy atom. The maximum Gasteiger partial charge on any atom is 0.0767 e. The van der Waals surface area contributed by atoms with E-state index in [4.69, 9.17) is 10.6 Å². The Morgan fingerprint density at radius 2 is 2.17 bits per heavy atom. The third kappa shape index (κ3) is 3.55. The molecular weight excluding hydrogens is 224 g/mol. The summed E-state index contributed by atoms with van der Waals surface area (Å²) in [7, 11) is 0. The molecule has 1 heterocycles. The van der Waals surface area contributed by atoms with Crippen LogP contribution >= 0.6 is 0 Å². The minimum absolute atomic E-state index is 0.283. The number of rotatable bonds is 6. The van der Waals surface area contributed by atoms with Crippen LogP contribution in [0.25, 0.3) is 0 Å². The number of benzene rings is 1. The second kappa shape index (κ2) is 6.88. The van der Waals surface area contributed by atoms with E-state index in [2.05, 4.69) is 42.7 Å². The van der Waals surface area contributed by atoms with Gasteiger partial charge >= 0.3 is 0 Å². The van der Waals surface area contributed by atoms with Crippen molar-refractivity contribution in [2.45, 2.75) is 44.8 Å². The first-order valence-electron chi connectivity index (χ1n) is 6.93. The van der Waals surface area contributed by atoms with E-state index < -0.39 is 0 Å². The van der Waals surface area contributed by atoms with Crippen molar-refractivity contribution in [2.75, 3.05) is 6.61 Å². The quantitative estimate of drug-likeness (QED) is 0.599. The highest BCUT2D eigenvalue weighted by molar-refractivity contribution is 5.14. The van der Waals surface area contributed by atoms with Crippen LogP contribution in [0.5, 0.6) is 0 Å². The molecule has 0 bridgehead atoms. The average molecular weight is 248 g/mol. The summed E-state index contributed by atoms with van der Waals surface area (Å²) in [5, 5.41) is 0. The Hall–Kier alpha value is -0.900. The van der Waals surface area contributed by atoms with E-state index in [1.54, 1.807) is 0 Å². The van der Waals surface area contributed by atoms with Crippen molar-refractivity contribution >= 4 is 0 Å². The number of nitrogens with one attached hydrogen (secondary N) is 1. The molecule has 0 radical (unpaired) electrons. The van der Waals surface area contributed by atoms with Crippen LogP contribution in [-0.2, 0) is 11.2 Å². The highest BCUT2D eigenvalue weighted by Crippen LogP contribution is 2.24. The minimum atomic E-state index is 0.283. The van der Waals surface area contributed by atoms with Crippen molar-refractivity contribution in [3.8, 4) is 0 Å². The van der Waals surface area contributed by atoms with Gasteiger partial charge in [0.1, 0.15) is 0 Å². The zero-order chi connectivity index (χ0) is 12.8. The van der Waals surface area contributed by atoms with Crippen molar-refractivity contribution < 1.29 is 4.74 Å². The van der Waals surface area contributed by atoms with Crippen molar-refractivity contribution in [3.05, 3.63) is 35.9 Å². The highest BCUT2D eigenvalue weighted by Gasteiger charge is 2.30. The molecule has 2 rings (SSSR count). The van der Waals surface area contributed by atoms with Gasteiger partial charge in [-0.05, 0) is 37.2 Å². The Kier molecular flexibility index (Phi) is 5.17. The molecule has 0 aromatic heterocycles. The van der Waals surface area contributed by atoms with E-state index in [9.17, 15) is 0 Å². The van der Waals surface area contributed by atoms with Crippen LogP contribution in [0.4, 0.5) is 0 Å². The summed E-state index contributed by atoms with van der Waals surface area (Å²) in [5.74, 6) is 6.28. The van der Waals surface area contributed by atoms with Gasteiger partial charge in [-0.15, -0.1) is 0 Å². The smallest absolute Gasteiger partial charge is 0.0767 e. The van der Waals surface area contributed by atoms with Gasteiger partial charge in [-0.25, -0.2) is 0 Å². The third-order valence-corrected chi connectivity index (χ3v) is 3.88. The zero-order valence-electron chi connectivity index (χ0n) is 11.1. The monoisotopic (exact) mass is 248 g/mol. The zero-order valence-corrected chi connectivity index (χ0v) is 11.1. The van der Waals surface area contributed by atoms with Crippen LogP contribution in [-0.4, -0.2) is 18.8 Å². The van der Waals surface area contributed by atoms with Crippen LogP contribution in [0.3, 0.4) is 0 Å². The molecule has 1 aromatic rings. The predicted octanol–water partition coefficient (Wildman–Crippen LogP) is 2.27. The van der Waals surface area contributed by atoms with Gasteiger partial charge in [0, 0.05) is 12.6 Å². The summed E-state index contributed by atoms with van der Waals surface area (Å²) in [6, 6.07) is 10.9. The molecule has 1 aliphatic rings. The first kappa shape index (κ1) is 13.5. The highest BCUT2D eigenvalue weighted by atomic mass is 16.5. The maximum atomic E-state index is 5.78. The number of hydrazine groups is 1. The molecule has 3 nitrogen and oxygen atoms in total. The Bertz CT molecular complexity index is 342. The lowest BCUT2D eigenvalue weighted by Crippen LogP contribution is -2.45. The molecule has 18 heavy (non-hydrogen) atoms. The van der Waals surface area contributed by atoms with Gasteiger partial charge in [-0.1, -0.05) is 37.3 Å². The molecule has 3 heteroatoms. The Balaban J connectivity index is 1.77. The fourth-order valence-electron chi connectivity index (χ4n) is 2.74. The number of ether oxygens (including phenoxy) is 1. The molecule has 1 aliphatic heterocycles. The van der Waals surface area contributed by atoms with Crippen LogP contribution in [0.2, 0.25) is 0 Å². The van der Waals surface area contributed by atoms with Gasteiger partial charge in [0.15, 0.2) is 0 Å². The van der Waals surface area contributed by atoms with Crippen molar-refractivity contribution in [1.82, 2.24) is 5.43 Å². The second-order valence-corrected chi connectivity index (χ2v) is 5.25. The van der Waals surface area contributed by atoms with E-state index in [1.165, 1.54) is 5.56 Å². The fraction of sp³-hybridized carbons (Fsp3) is 0.600. The van der Waals surface area contributed by atoms with Crippen molar-refractivity contribution in [1.29, 1.82) is 0 Å². The van der Waals surface area contributed by atoms with Crippen LogP contribution in [0, 0.1) is 5.92 Å². The number of hydrogen-bond acceptors (Lipinski definition) is 3. The van der Waals surface area contributed by atoms with E-state index in [1.807, 2.05) is 0 Å². The number of nitrogens with two attached hydrogens (primary N) is 1. The lowest BCUT2D eigenvalue weighted by molar-refractivity contribution is 0.0576. The second-order valence-electron chi connectivity index (χ2n) is 5.25. The normalized spacial score (nSPS) is 25.2. The van der Waals surface area contributed by atoms with Gasteiger partial charge in [0.2, 0.25) is 0 Å². The Morgan fingerprint density at radius 3 is 2.78 bits per heavy atom. The molecule has 100 valence electrons. The molecule has 0 spiro atoms. The summed E-state index contributed by atoms with van der Waals surface area (Å²) in [6.45, 7) is 3.13. The van der Waals surface area contributed by atoms with Crippen LogP contribution in [0.1, 0.15) is 31.7 Å². The molecule has 3 atom stereocenters. The summed E-state index contributed by atoms with van der Waals surface area (Å²) < 4.78 is 5.78. The largest absolute Gasteiger partial charge is 0.376 e. The van der Waals surface area contributed by atoms with E-state index in [0.29, 0.717) is 5.92 Å². The van der Waals surface area contributed by atoms with Gasteiger partial charge in [0.25, 0.3) is 0 Å². The molecule has 0 amide bonds. The molecule has 3 unspecified atom stereocenters. The molecule has 1 aromatic carbocycles. The molecule has 1 fully saturated rings. The average Bonchev–Trinajstić information content (AvgIpc) is 2.82. The van der Waals surface area contributed by atoms with Crippen molar-refractivity contribution in [3.63, 3.8) is 0 Å². The van der Waals surface area contributed by atoms with E-state index >= 15 is 0 Å². The number of hydrogen-bond donors (Lipinski definition) is 2. The molecular formula is C15H24N2O. The van der Waals surface area contributed by atoms with E-state index in [0.717, 1.165) is 32.3 Å². The first-order chi connectivity index (χ1) is 8.81. The molecule has 1 saturated heterocycles. The fourth-order valence-corrected chi connectivity index (χ4v) is 2.74. The topological polar surface area (TPSA) is 47.3 Å². The maximum absolute atomic E-state index is 5.78. The minimum Gasteiger partial charge on any atom is -0.376 e. The number of aryl methyl sites for hydroxylation is 1. The summed E-state index contributed by atoms with van der Waals surface area (Å²) in [6.07, 6.45) is 4.76. The van der Waals surface area contributed by atoms with E-state index in [-0.39, 0.29) is 12.1 Å². The summed E-state index contributed by atoms with van der Waals surface area (Å²) in [5.41, 5.74) is 4.33. The summed E-state index contributed by atoms with van der Waals surface area (Å²) in [4.78, 5) is 0. The lowest BCUT2D eigenvalue weighted by Gasteiger charge is -2.25. The van der Waals surface area contributed by atoms with Gasteiger partial charge in [-0.2, -0.15) is 0 Å². The molecule has 0 aliphatic carbocycles. The van der Waals surface area contributed by atoms with Crippen LogP contribution < -0.4 is 11.3 Å². The van der Waals surface area contributed by atoms with Gasteiger partial charge < -0.3 is 4.74 Å². The lowest BCUT2D eigenvalue weighted by atomic mass is 9.94. The Labute approximate surface area is 110 Å². The SMILES string of the molecule is CC1CCOC1C(CCCc1ccccc1)NN. The predicted molar refractivity (Wildman–Crippen MR) is 74.0 cm³/mol. The molecule has 0 saturated carbocycles. The molecule has 3 N–H and O–H groups in total. The third-order valence-electron chi connectivity index (χ3n) is 3.88. The first-order valence-corrected chi connectivity index (χ1v) is 6.93. The van der Waals surface area contributed by atoms with Gasteiger partial charge in [0.05, 0.1) is 6.10 Å². The standard InChI is InChI=1S/C15H24N2O/c1-12-10-11-18-15(12)14(17-16)9-5-8-13-6-3-2-4-7-13/h2-4,6-7,12,14-15,17H,5,8-11,16H2,1H3. The summed E-state index contributed by atoms with van der Waals surface area (Å²) >= 11 is 0. The van der Waals surface area contributed by atoms with Crippen LogP contribution in [0.15, 0.2) is 30.3 Å².